The molecule has 0 aliphatic carbocycles. The van der Waals surface area contributed by atoms with E-state index in [0.29, 0.717) is 0 Å². The number of carbonyl (C=O) groups is 4. The molecule has 0 spiro atoms. The molecule has 0 saturated carbocycles. The van der Waals surface area contributed by atoms with Gasteiger partial charge in [-0.2, -0.15) is 0 Å². The number of benzene rings is 2. The highest BCUT2D eigenvalue weighted by Gasteiger charge is 2.13. The highest BCUT2D eigenvalue weighted by molar-refractivity contribution is 5.95. The largest absolute Gasteiger partial charge is 0.478 e. The molecule has 0 aliphatic rings. The van der Waals surface area contributed by atoms with Crippen LogP contribution in [0, 0.1) is 0 Å². The van der Waals surface area contributed by atoms with Crippen molar-refractivity contribution in [3.05, 3.63) is 70.8 Å². The third-order valence-electron chi connectivity index (χ3n) is 3.77. The summed E-state index contributed by atoms with van der Waals surface area (Å²) >= 11 is 0. The van der Waals surface area contributed by atoms with Gasteiger partial charge < -0.3 is 24.1 Å². The standard InChI is InChI=1S/C21H20O9/c1-27-9-10-28-19(24)14-5-7-15(8-6-14)20(25)29-11-12-30-21(26)17-4-2-3-16(13-17)18(22)23/h2-8,13H,9-12H2,1H3,(H,22,23). The lowest BCUT2D eigenvalue weighted by molar-refractivity contribution is 0.0265. The molecule has 0 radical (unpaired) electrons. The number of hydrogen-bond donors (Lipinski definition) is 1. The van der Waals surface area contributed by atoms with Gasteiger partial charge in [-0.25, -0.2) is 19.2 Å². The Morgan fingerprint density at radius 3 is 1.57 bits per heavy atom. The Morgan fingerprint density at radius 2 is 1.10 bits per heavy atom. The Bertz CT molecular complexity index is 903. The summed E-state index contributed by atoms with van der Waals surface area (Å²) in [6, 6.07) is 11.1. The van der Waals surface area contributed by atoms with Crippen LogP contribution in [0.25, 0.3) is 0 Å². The number of carbonyl (C=O) groups excluding carboxylic acids is 3. The van der Waals surface area contributed by atoms with Crippen LogP contribution in [0.15, 0.2) is 48.5 Å². The van der Waals surface area contributed by atoms with Gasteiger partial charge in [0.15, 0.2) is 0 Å². The summed E-state index contributed by atoms with van der Waals surface area (Å²) in [6.07, 6.45) is 0. The molecule has 9 nitrogen and oxygen atoms in total. The molecular weight excluding hydrogens is 396 g/mol. The third kappa shape index (κ3) is 6.71. The van der Waals surface area contributed by atoms with Gasteiger partial charge in [0, 0.05) is 7.11 Å². The number of ether oxygens (including phenoxy) is 4. The summed E-state index contributed by atoms with van der Waals surface area (Å²) in [5.74, 6) is -3.08. The first kappa shape index (κ1) is 22.6. The molecule has 0 heterocycles. The number of rotatable bonds is 10. The van der Waals surface area contributed by atoms with Crippen molar-refractivity contribution in [1.82, 2.24) is 0 Å². The van der Waals surface area contributed by atoms with Gasteiger partial charge in [0.25, 0.3) is 0 Å². The highest BCUT2D eigenvalue weighted by atomic mass is 16.6. The average molecular weight is 416 g/mol. The molecule has 0 amide bonds. The van der Waals surface area contributed by atoms with Crippen molar-refractivity contribution in [2.24, 2.45) is 0 Å². The van der Waals surface area contributed by atoms with Crippen LogP contribution >= 0.6 is 0 Å². The lowest BCUT2D eigenvalue weighted by Crippen LogP contribution is -2.15. The molecule has 0 aromatic heterocycles. The molecule has 30 heavy (non-hydrogen) atoms. The number of methoxy groups -OCH3 is 1. The molecule has 158 valence electrons. The zero-order chi connectivity index (χ0) is 21.9. The molecule has 2 aromatic rings. The number of carboxylic acid groups (broad SMARTS) is 1. The van der Waals surface area contributed by atoms with E-state index in [1.54, 1.807) is 0 Å². The molecule has 0 fully saturated rings. The molecule has 9 heteroatoms. The Morgan fingerprint density at radius 1 is 0.667 bits per heavy atom. The van der Waals surface area contributed by atoms with Gasteiger partial charge in [-0.3, -0.25) is 0 Å². The zero-order valence-electron chi connectivity index (χ0n) is 16.2. The summed E-state index contributed by atoms with van der Waals surface area (Å²) in [7, 11) is 1.49. The van der Waals surface area contributed by atoms with E-state index < -0.39 is 23.9 Å². The average Bonchev–Trinajstić information content (AvgIpc) is 2.76. The fourth-order valence-corrected chi connectivity index (χ4v) is 2.26. The molecule has 0 unspecified atom stereocenters. The van der Waals surface area contributed by atoms with Gasteiger partial charge in [-0.15, -0.1) is 0 Å². The minimum absolute atomic E-state index is 0.0399. The number of aromatic carboxylic acids is 1. The number of esters is 3. The van der Waals surface area contributed by atoms with Gasteiger partial charge >= 0.3 is 23.9 Å². The monoisotopic (exact) mass is 416 g/mol. The fourth-order valence-electron chi connectivity index (χ4n) is 2.26. The second kappa shape index (κ2) is 11.3. The van der Waals surface area contributed by atoms with Crippen molar-refractivity contribution < 1.29 is 43.2 Å². The Kier molecular flexibility index (Phi) is 8.52. The van der Waals surface area contributed by atoms with Crippen molar-refractivity contribution in [2.75, 3.05) is 33.5 Å². The van der Waals surface area contributed by atoms with E-state index in [-0.39, 0.29) is 48.7 Å². The smallest absolute Gasteiger partial charge is 0.338 e. The van der Waals surface area contributed by atoms with Crippen molar-refractivity contribution in [3.63, 3.8) is 0 Å². The van der Waals surface area contributed by atoms with Crippen LogP contribution in [-0.4, -0.2) is 62.5 Å². The van der Waals surface area contributed by atoms with Crippen LogP contribution < -0.4 is 0 Å². The third-order valence-corrected chi connectivity index (χ3v) is 3.77. The Balaban J connectivity index is 1.78. The second-order valence-electron chi connectivity index (χ2n) is 5.86. The summed E-state index contributed by atoms with van der Waals surface area (Å²) < 4.78 is 19.7. The molecular formula is C21H20O9. The van der Waals surface area contributed by atoms with E-state index in [1.165, 1.54) is 55.6 Å². The van der Waals surface area contributed by atoms with E-state index >= 15 is 0 Å². The van der Waals surface area contributed by atoms with Gasteiger partial charge in [-0.05, 0) is 42.5 Å². The maximum absolute atomic E-state index is 12.0. The first-order valence-electron chi connectivity index (χ1n) is 8.86. The SMILES string of the molecule is COCCOC(=O)c1ccc(C(=O)OCCOC(=O)c2cccc(C(=O)O)c2)cc1. The summed E-state index contributed by atoms with van der Waals surface area (Å²) in [6.45, 7) is 0.0138. The molecule has 0 aliphatic heterocycles. The lowest BCUT2D eigenvalue weighted by atomic mass is 10.1. The number of carboxylic acids is 1. The Hall–Kier alpha value is -3.72. The highest BCUT2D eigenvalue weighted by Crippen LogP contribution is 2.09. The minimum atomic E-state index is -1.16. The molecule has 2 aromatic carbocycles. The lowest BCUT2D eigenvalue weighted by Gasteiger charge is -2.08. The topological polar surface area (TPSA) is 125 Å². The molecule has 0 saturated heterocycles. The van der Waals surface area contributed by atoms with E-state index in [2.05, 4.69) is 0 Å². The molecule has 1 N–H and O–H groups in total. The van der Waals surface area contributed by atoms with Crippen LogP contribution in [0.5, 0.6) is 0 Å². The summed E-state index contributed by atoms with van der Waals surface area (Å²) in [5, 5.41) is 8.93. The Labute approximate surface area is 172 Å². The normalized spacial score (nSPS) is 10.2. The minimum Gasteiger partial charge on any atom is -0.478 e. The maximum atomic E-state index is 12.0. The molecule has 0 bridgehead atoms. The summed E-state index contributed by atoms with van der Waals surface area (Å²) in [5.41, 5.74) is 0.528. The van der Waals surface area contributed by atoms with E-state index in [4.69, 9.17) is 24.1 Å². The van der Waals surface area contributed by atoms with Crippen LogP contribution in [0.2, 0.25) is 0 Å². The van der Waals surface area contributed by atoms with Crippen LogP contribution in [0.3, 0.4) is 0 Å². The maximum Gasteiger partial charge on any atom is 0.338 e. The fraction of sp³-hybridized carbons (Fsp3) is 0.238. The van der Waals surface area contributed by atoms with E-state index in [9.17, 15) is 19.2 Å². The van der Waals surface area contributed by atoms with Gasteiger partial charge in [0.2, 0.25) is 0 Å². The van der Waals surface area contributed by atoms with E-state index in [0.717, 1.165) is 0 Å². The first-order chi connectivity index (χ1) is 14.4. The predicted octanol–water partition coefficient (Wildman–Crippen LogP) is 2.20. The van der Waals surface area contributed by atoms with Crippen molar-refractivity contribution in [1.29, 1.82) is 0 Å². The second-order valence-corrected chi connectivity index (χ2v) is 5.86. The van der Waals surface area contributed by atoms with E-state index in [1.807, 2.05) is 0 Å². The van der Waals surface area contributed by atoms with Crippen LogP contribution in [0.1, 0.15) is 41.4 Å². The van der Waals surface area contributed by atoms with Crippen LogP contribution in [-0.2, 0) is 18.9 Å². The molecule has 0 atom stereocenters. The molecule has 2 rings (SSSR count). The number of hydrogen-bond acceptors (Lipinski definition) is 8. The van der Waals surface area contributed by atoms with Crippen molar-refractivity contribution >= 4 is 23.9 Å². The van der Waals surface area contributed by atoms with Crippen molar-refractivity contribution in [3.8, 4) is 0 Å². The zero-order valence-corrected chi connectivity index (χ0v) is 16.2. The quantitative estimate of drug-likeness (QED) is 0.352. The first-order valence-corrected chi connectivity index (χ1v) is 8.86. The predicted molar refractivity (Wildman–Crippen MR) is 103 cm³/mol. The van der Waals surface area contributed by atoms with Crippen molar-refractivity contribution in [2.45, 2.75) is 0 Å². The summed E-state index contributed by atoms with van der Waals surface area (Å²) in [4.78, 5) is 46.6. The van der Waals surface area contributed by atoms with Crippen LogP contribution in [0.4, 0.5) is 0 Å². The van der Waals surface area contributed by atoms with Gasteiger partial charge in [-0.1, -0.05) is 6.07 Å². The van der Waals surface area contributed by atoms with Gasteiger partial charge in [0.1, 0.15) is 19.8 Å². The van der Waals surface area contributed by atoms with Gasteiger partial charge in [0.05, 0.1) is 28.9 Å².